The van der Waals surface area contributed by atoms with Crippen molar-refractivity contribution in [1.29, 1.82) is 0 Å². The van der Waals surface area contributed by atoms with Crippen LogP contribution in [0.3, 0.4) is 0 Å². The minimum Gasteiger partial charge on any atom is -0.375 e. The summed E-state index contributed by atoms with van der Waals surface area (Å²) in [5, 5.41) is 3.74. The summed E-state index contributed by atoms with van der Waals surface area (Å²) in [7, 11) is 1.84. The molecule has 19 heavy (non-hydrogen) atoms. The summed E-state index contributed by atoms with van der Waals surface area (Å²) in [6.45, 7) is 3.30. The molecular weight excluding hydrogens is 234 g/mol. The van der Waals surface area contributed by atoms with Gasteiger partial charge in [0.25, 0.3) is 0 Å². The predicted molar refractivity (Wildman–Crippen MR) is 80.2 cm³/mol. The molecule has 0 aromatic heterocycles. The first-order chi connectivity index (χ1) is 9.36. The number of ether oxygens (including phenoxy) is 1. The fraction of sp³-hybridized carbons (Fsp3) is 0.647. The van der Waals surface area contributed by atoms with E-state index in [9.17, 15) is 0 Å². The minimum absolute atomic E-state index is 0.177. The monoisotopic (exact) mass is 261 g/mol. The summed E-state index contributed by atoms with van der Waals surface area (Å²) in [5.41, 5.74) is 1.30. The molecule has 0 heterocycles. The first-order valence-corrected chi connectivity index (χ1v) is 7.68. The molecule has 0 bridgehead atoms. The molecule has 1 aliphatic carbocycles. The van der Waals surface area contributed by atoms with Gasteiger partial charge in [-0.15, -0.1) is 0 Å². The van der Waals surface area contributed by atoms with Gasteiger partial charge >= 0.3 is 0 Å². The van der Waals surface area contributed by atoms with Gasteiger partial charge < -0.3 is 10.1 Å². The van der Waals surface area contributed by atoms with E-state index in [1.54, 1.807) is 0 Å². The summed E-state index contributed by atoms with van der Waals surface area (Å²) in [6, 6.07) is 11.1. The second-order valence-corrected chi connectivity index (χ2v) is 5.59. The maximum absolute atomic E-state index is 5.85. The molecule has 0 amide bonds. The van der Waals surface area contributed by atoms with E-state index in [2.05, 4.69) is 42.6 Å². The summed E-state index contributed by atoms with van der Waals surface area (Å²) in [6.07, 6.45) is 6.78. The summed E-state index contributed by atoms with van der Waals surface area (Å²) >= 11 is 0. The standard InChI is InChI=1S/C17H27NO/c1-3-13-18-16(14-9-7-8-10-14)17(19-2)15-11-5-4-6-12-15/h4-6,11-12,14,16-18H,3,7-10,13H2,1-2H3. The summed E-state index contributed by atoms with van der Waals surface area (Å²) in [4.78, 5) is 0. The van der Waals surface area contributed by atoms with E-state index in [1.165, 1.54) is 37.7 Å². The van der Waals surface area contributed by atoms with Gasteiger partial charge in [0.1, 0.15) is 0 Å². The molecule has 2 nitrogen and oxygen atoms in total. The van der Waals surface area contributed by atoms with Gasteiger partial charge in [0.05, 0.1) is 6.10 Å². The highest BCUT2D eigenvalue weighted by Crippen LogP contribution is 2.34. The number of hydrogen-bond acceptors (Lipinski definition) is 2. The third-order valence-corrected chi connectivity index (χ3v) is 4.25. The van der Waals surface area contributed by atoms with Crippen LogP contribution in [0.2, 0.25) is 0 Å². The van der Waals surface area contributed by atoms with Crippen LogP contribution in [0.4, 0.5) is 0 Å². The topological polar surface area (TPSA) is 21.3 Å². The van der Waals surface area contributed by atoms with Crippen LogP contribution in [-0.2, 0) is 4.74 Å². The highest BCUT2D eigenvalue weighted by Gasteiger charge is 2.31. The van der Waals surface area contributed by atoms with Crippen molar-refractivity contribution in [3.05, 3.63) is 35.9 Å². The van der Waals surface area contributed by atoms with E-state index in [0.29, 0.717) is 6.04 Å². The van der Waals surface area contributed by atoms with E-state index in [0.717, 1.165) is 12.5 Å². The molecule has 0 saturated heterocycles. The normalized spacial score (nSPS) is 19.5. The lowest BCUT2D eigenvalue weighted by molar-refractivity contribution is 0.0471. The van der Waals surface area contributed by atoms with Crippen LogP contribution < -0.4 is 5.32 Å². The number of hydrogen-bond donors (Lipinski definition) is 1. The number of rotatable bonds is 7. The molecule has 1 aromatic carbocycles. The lowest BCUT2D eigenvalue weighted by atomic mass is 9.89. The summed E-state index contributed by atoms with van der Waals surface area (Å²) < 4.78 is 5.85. The molecule has 1 aliphatic rings. The van der Waals surface area contributed by atoms with Crippen LogP contribution in [0.1, 0.15) is 50.7 Å². The Labute approximate surface area is 117 Å². The smallest absolute Gasteiger partial charge is 0.0976 e. The maximum Gasteiger partial charge on any atom is 0.0976 e. The average Bonchev–Trinajstić information content (AvgIpc) is 2.98. The zero-order valence-electron chi connectivity index (χ0n) is 12.3. The van der Waals surface area contributed by atoms with Crippen LogP contribution in [0.25, 0.3) is 0 Å². The zero-order chi connectivity index (χ0) is 13.5. The van der Waals surface area contributed by atoms with E-state index >= 15 is 0 Å². The molecule has 2 heteroatoms. The molecule has 2 unspecified atom stereocenters. The van der Waals surface area contributed by atoms with Crippen LogP contribution in [-0.4, -0.2) is 19.7 Å². The molecule has 1 saturated carbocycles. The van der Waals surface area contributed by atoms with Gasteiger partial charge in [0.2, 0.25) is 0 Å². The van der Waals surface area contributed by atoms with Crippen molar-refractivity contribution in [2.75, 3.05) is 13.7 Å². The molecule has 1 aromatic rings. The van der Waals surface area contributed by atoms with Crippen LogP contribution >= 0.6 is 0 Å². The van der Waals surface area contributed by atoms with Gasteiger partial charge in [-0.05, 0) is 37.3 Å². The largest absolute Gasteiger partial charge is 0.375 e. The molecular formula is C17H27NO. The maximum atomic E-state index is 5.85. The van der Waals surface area contributed by atoms with Crippen molar-refractivity contribution in [3.63, 3.8) is 0 Å². The Morgan fingerprint density at radius 3 is 2.47 bits per heavy atom. The molecule has 0 spiro atoms. The first-order valence-electron chi connectivity index (χ1n) is 7.68. The Bertz CT molecular complexity index is 346. The predicted octanol–water partition coefficient (Wildman–Crippen LogP) is 3.93. The summed E-state index contributed by atoms with van der Waals surface area (Å²) in [5.74, 6) is 0.761. The van der Waals surface area contributed by atoms with Crippen molar-refractivity contribution < 1.29 is 4.74 Å². The fourth-order valence-electron chi connectivity index (χ4n) is 3.28. The van der Waals surface area contributed by atoms with Gasteiger partial charge in [-0.2, -0.15) is 0 Å². The minimum atomic E-state index is 0.177. The lowest BCUT2D eigenvalue weighted by Crippen LogP contribution is -2.41. The van der Waals surface area contributed by atoms with Crippen LogP contribution in [0.15, 0.2) is 30.3 Å². The lowest BCUT2D eigenvalue weighted by Gasteiger charge is -2.32. The third-order valence-electron chi connectivity index (χ3n) is 4.25. The number of nitrogens with one attached hydrogen (secondary N) is 1. The number of benzene rings is 1. The van der Waals surface area contributed by atoms with Gasteiger partial charge in [-0.25, -0.2) is 0 Å². The van der Waals surface area contributed by atoms with Gasteiger partial charge in [0.15, 0.2) is 0 Å². The van der Waals surface area contributed by atoms with E-state index < -0.39 is 0 Å². The molecule has 2 atom stereocenters. The quantitative estimate of drug-likeness (QED) is 0.803. The van der Waals surface area contributed by atoms with Gasteiger partial charge in [-0.3, -0.25) is 0 Å². The Balaban J connectivity index is 2.13. The van der Waals surface area contributed by atoms with E-state index in [4.69, 9.17) is 4.74 Å². The highest BCUT2D eigenvalue weighted by molar-refractivity contribution is 5.19. The molecule has 0 aliphatic heterocycles. The second-order valence-electron chi connectivity index (χ2n) is 5.59. The van der Waals surface area contributed by atoms with Crippen molar-refractivity contribution in [1.82, 2.24) is 5.32 Å². The first kappa shape index (κ1) is 14.5. The fourth-order valence-corrected chi connectivity index (χ4v) is 3.28. The molecule has 106 valence electrons. The number of methoxy groups -OCH3 is 1. The Kier molecular flexibility index (Phi) is 5.87. The Morgan fingerprint density at radius 1 is 1.21 bits per heavy atom. The van der Waals surface area contributed by atoms with Crippen molar-refractivity contribution in [2.24, 2.45) is 5.92 Å². The molecule has 2 rings (SSSR count). The Morgan fingerprint density at radius 2 is 1.89 bits per heavy atom. The highest BCUT2D eigenvalue weighted by atomic mass is 16.5. The van der Waals surface area contributed by atoms with Crippen molar-refractivity contribution in [3.8, 4) is 0 Å². The van der Waals surface area contributed by atoms with Crippen LogP contribution in [0.5, 0.6) is 0 Å². The SMILES string of the molecule is CCCNC(C1CCCC1)C(OC)c1ccccc1. The zero-order valence-corrected chi connectivity index (χ0v) is 12.3. The second kappa shape index (κ2) is 7.66. The van der Waals surface area contributed by atoms with E-state index in [-0.39, 0.29) is 6.10 Å². The van der Waals surface area contributed by atoms with Gasteiger partial charge in [-0.1, -0.05) is 50.1 Å². The Hall–Kier alpha value is -0.860. The average molecular weight is 261 g/mol. The molecule has 1 fully saturated rings. The van der Waals surface area contributed by atoms with Crippen molar-refractivity contribution >= 4 is 0 Å². The third kappa shape index (κ3) is 3.80. The van der Waals surface area contributed by atoms with Crippen LogP contribution in [0, 0.1) is 5.92 Å². The molecule has 0 radical (unpaired) electrons. The molecule has 1 N–H and O–H groups in total. The van der Waals surface area contributed by atoms with E-state index in [1.807, 2.05) is 7.11 Å². The van der Waals surface area contributed by atoms with Crippen molar-refractivity contribution in [2.45, 2.75) is 51.2 Å². The van der Waals surface area contributed by atoms with Gasteiger partial charge in [0, 0.05) is 13.2 Å².